The fraction of sp³-hybridized carbons (Fsp3) is 0.220. The fourth-order valence-corrected chi connectivity index (χ4v) is 12.4. The highest BCUT2D eigenvalue weighted by molar-refractivity contribution is 6.01. The normalized spacial score (nSPS) is 17.9. The minimum Gasteiger partial charge on any atom is -0.309 e. The van der Waals surface area contributed by atoms with Gasteiger partial charge in [0, 0.05) is 33.1 Å². The molecule has 1 saturated carbocycles. The predicted octanol–water partition coefficient (Wildman–Crippen LogP) is 16.0. The van der Waals surface area contributed by atoms with Gasteiger partial charge in [0.25, 0.3) is 0 Å². The molecular weight excluding hydrogens is 723 g/mol. The molecular formula is C59H51N. The molecule has 0 atom stereocenters. The molecule has 0 radical (unpaired) electrons. The van der Waals surface area contributed by atoms with Gasteiger partial charge in [-0.25, -0.2) is 0 Å². The number of allylic oxidation sites excluding steroid dienone is 4. The number of para-hydroxylation sites is 2. The van der Waals surface area contributed by atoms with Gasteiger partial charge >= 0.3 is 0 Å². The molecule has 0 unspecified atom stereocenters. The predicted molar refractivity (Wildman–Crippen MR) is 253 cm³/mol. The third kappa shape index (κ3) is 4.87. The van der Waals surface area contributed by atoms with E-state index in [9.17, 15) is 0 Å². The monoisotopic (exact) mass is 773 g/mol. The lowest BCUT2D eigenvalue weighted by molar-refractivity contribution is 0.546. The molecule has 0 N–H and O–H groups in total. The van der Waals surface area contributed by atoms with E-state index in [1.165, 1.54) is 126 Å². The Morgan fingerprint density at radius 1 is 0.417 bits per heavy atom. The highest BCUT2D eigenvalue weighted by Gasteiger charge is 2.48. The zero-order valence-corrected chi connectivity index (χ0v) is 35.3. The van der Waals surface area contributed by atoms with Gasteiger partial charge in [-0.3, -0.25) is 0 Å². The van der Waals surface area contributed by atoms with Gasteiger partial charge in [0.1, 0.15) is 0 Å². The maximum Gasteiger partial charge on any atom is 0.0540 e. The summed E-state index contributed by atoms with van der Waals surface area (Å²) in [6.45, 7) is 9.55. The lowest BCUT2D eigenvalue weighted by Crippen LogP contribution is -2.22. The van der Waals surface area contributed by atoms with Gasteiger partial charge in [0.15, 0.2) is 0 Å². The van der Waals surface area contributed by atoms with Crippen LogP contribution in [0.3, 0.4) is 0 Å². The standard InChI is InChI=1S/C59H51N/c1-57(2)49-25-11-7-22-47(49)56-46(23-17-27-51(56)57)45-21-9-14-29-55(45)60(39-31-33-44-42-20-6-12-26-50(42)59(53(44)37-39)34-15-16-35-59)54-28-13-8-18-40(54)38-30-32-43-41-19-5-10-24-48(41)58(3,4)52(43)36-38/h5,7-11,13-14,17-33,36-37H,6,12,15-16,34-35H2,1-4H3. The summed E-state index contributed by atoms with van der Waals surface area (Å²) in [6.07, 6.45) is 12.5. The van der Waals surface area contributed by atoms with E-state index in [2.05, 4.69) is 196 Å². The van der Waals surface area contributed by atoms with Crippen LogP contribution in [0.1, 0.15) is 99.6 Å². The number of hydrogen-bond acceptors (Lipinski definition) is 1. The van der Waals surface area contributed by atoms with Gasteiger partial charge in [-0.15, -0.1) is 0 Å². The third-order valence-electron chi connectivity index (χ3n) is 15.3. The maximum atomic E-state index is 2.61. The molecule has 7 aromatic rings. The number of anilines is 3. The van der Waals surface area contributed by atoms with Crippen LogP contribution in [-0.4, -0.2) is 0 Å². The summed E-state index contributed by atoms with van der Waals surface area (Å²) in [6, 6.07) is 58.1. The van der Waals surface area contributed by atoms with Gasteiger partial charge < -0.3 is 4.90 Å². The van der Waals surface area contributed by atoms with Gasteiger partial charge in [0.2, 0.25) is 0 Å². The minimum atomic E-state index is -0.0867. The highest BCUT2D eigenvalue weighted by atomic mass is 15.1. The topological polar surface area (TPSA) is 3.24 Å². The Morgan fingerprint density at radius 2 is 0.983 bits per heavy atom. The van der Waals surface area contributed by atoms with Crippen molar-refractivity contribution in [1.29, 1.82) is 0 Å². The van der Waals surface area contributed by atoms with E-state index in [-0.39, 0.29) is 16.2 Å². The summed E-state index contributed by atoms with van der Waals surface area (Å²) in [7, 11) is 0. The van der Waals surface area contributed by atoms with Gasteiger partial charge in [-0.05, 0) is 134 Å². The number of hydrogen-bond donors (Lipinski definition) is 0. The molecule has 0 bridgehead atoms. The summed E-state index contributed by atoms with van der Waals surface area (Å²) in [5.41, 5.74) is 25.7. The molecule has 7 aromatic carbocycles. The fourth-order valence-electron chi connectivity index (χ4n) is 12.4. The third-order valence-corrected chi connectivity index (χ3v) is 15.3. The second-order valence-corrected chi connectivity index (χ2v) is 19.0. The Balaban J connectivity index is 1.11. The molecule has 5 aliphatic carbocycles. The first-order chi connectivity index (χ1) is 29.3. The molecule has 0 heterocycles. The molecule has 1 heteroatoms. The molecule has 1 nitrogen and oxygen atoms in total. The lowest BCUT2D eigenvalue weighted by atomic mass is 9.75. The first-order valence-electron chi connectivity index (χ1n) is 22.3. The van der Waals surface area contributed by atoms with E-state index in [0.29, 0.717) is 0 Å². The van der Waals surface area contributed by atoms with Gasteiger partial charge in [-0.1, -0.05) is 174 Å². The smallest absolute Gasteiger partial charge is 0.0540 e. The van der Waals surface area contributed by atoms with Crippen LogP contribution in [0.2, 0.25) is 0 Å². The molecule has 292 valence electrons. The van der Waals surface area contributed by atoms with Crippen LogP contribution < -0.4 is 4.90 Å². The Hall–Kier alpha value is -6.18. The molecule has 5 aliphatic rings. The molecule has 0 aromatic heterocycles. The zero-order chi connectivity index (χ0) is 40.4. The number of nitrogens with zero attached hydrogens (tertiary/aromatic N) is 1. The van der Waals surface area contributed by atoms with Crippen molar-refractivity contribution in [3.05, 3.63) is 203 Å². The lowest BCUT2D eigenvalue weighted by Gasteiger charge is -2.32. The van der Waals surface area contributed by atoms with Crippen LogP contribution in [0, 0.1) is 0 Å². The highest BCUT2D eigenvalue weighted by Crippen LogP contribution is 2.61. The van der Waals surface area contributed by atoms with Gasteiger partial charge in [-0.2, -0.15) is 0 Å². The van der Waals surface area contributed by atoms with Crippen molar-refractivity contribution >= 4 is 22.6 Å². The number of fused-ring (bicyclic) bond motifs is 11. The Labute approximate surface area is 355 Å². The first-order valence-corrected chi connectivity index (χ1v) is 22.3. The van der Waals surface area contributed by atoms with Crippen LogP contribution in [0.4, 0.5) is 17.1 Å². The van der Waals surface area contributed by atoms with Crippen LogP contribution in [0.25, 0.3) is 50.1 Å². The van der Waals surface area contributed by atoms with Crippen molar-refractivity contribution in [2.24, 2.45) is 0 Å². The van der Waals surface area contributed by atoms with E-state index in [4.69, 9.17) is 0 Å². The second kappa shape index (κ2) is 12.9. The molecule has 0 saturated heterocycles. The van der Waals surface area contributed by atoms with Crippen molar-refractivity contribution in [2.75, 3.05) is 4.90 Å². The molecule has 1 fully saturated rings. The summed E-state index contributed by atoms with van der Waals surface area (Å²) >= 11 is 0. The Kier molecular flexibility index (Phi) is 7.69. The van der Waals surface area contributed by atoms with Crippen LogP contribution in [0.15, 0.2) is 169 Å². The summed E-state index contributed by atoms with van der Waals surface area (Å²) in [4.78, 5) is 2.61. The van der Waals surface area contributed by atoms with Crippen molar-refractivity contribution in [2.45, 2.75) is 82.5 Å². The van der Waals surface area contributed by atoms with Crippen LogP contribution in [0.5, 0.6) is 0 Å². The van der Waals surface area contributed by atoms with Crippen LogP contribution >= 0.6 is 0 Å². The SMILES string of the molecule is CC1(C)c2ccccc2-c2ccc(-c3ccccc3N(c3ccc4c(c3)C3(CCCC3)C3=CCCC=C34)c3ccccc3-c3cccc4c3-c3ccccc3C4(C)C)cc21. The van der Waals surface area contributed by atoms with E-state index >= 15 is 0 Å². The van der Waals surface area contributed by atoms with E-state index in [0.717, 1.165) is 12.8 Å². The van der Waals surface area contributed by atoms with E-state index < -0.39 is 0 Å². The molecule has 1 spiro atoms. The first kappa shape index (κ1) is 35.7. The summed E-state index contributed by atoms with van der Waals surface area (Å²) in [5, 5.41) is 0. The summed E-state index contributed by atoms with van der Waals surface area (Å²) in [5.74, 6) is 0. The number of benzene rings is 7. The van der Waals surface area contributed by atoms with E-state index in [1.807, 2.05) is 0 Å². The minimum absolute atomic E-state index is 0.0834. The average molecular weight is 774 g/mol. The molecule has 0 aliphatic heterocycles. The summed E-state index contributed by atoms with van der Waals surface area (Å²) < 4.78 is 0. The maximum absolute atomic E-state index is 2.61. The van der Waals surface area contributed by atoms with E-state index in [1.54, 1.807) is 5.57 Å². The second-order valence-electron chi connectivity index (χ2n) is 19.0. The quantitative estimate of drug-likeness (QED) is 0.168. The molecule has 60 heavy (non-hydrogen) atoms. The van der Waals surface area contributed by atoms with Crippen molar-refractivity contribution in [3.8, 4) is 44.5 Å². The molecule has 12 rings (SSSR count). The van der Waals surface area contributed by atoms with Crippen molar-refractivity contribution in [1.82, 2.24) is 0 Å². The van der Waals surface area contributed by atoms with Crippen molar-refractivity contribution in [3.63, 3.8) is 0 Å². The van der Waals surface area contributed by atoms with Crippen molar-refractivity contribution < 1.29 is 0 Å². The molecule has 0 amide bonds. The largest absolute Gasteiger partial charge is 0.309 e. The Morgan fingerprint density at radius 3 is 1.77 bits per heavy atom. The van der Waals surface area contributed by atoms with Crippen LogP contribution in [-0.2, 0) is 16.2 Å². The number of rotatable bonds is 5. The zero-order valence-electron chi connectivity index (χ0n) is 35.3. The Bertz CT molecular complexity index is 3000. The van der Waals surface area contributed by atoms with Gasteiger partial charge in [0.05, 0.1) is 11.4 Å². The average Bonchev–Trinajstić information content (AvgIpc) is 4.01.